The number of hydrogen-bond acceptors (Lipinski definition) is 7. The molecule has 0 aliphatic heterocycles. The SMILES string of the molecule is CC(C)CC(NC(=O)C(CS)NC(=O)C(NC(=O)C(N)CCCN=C(N)N)C(C)C)C(=O)O. The first-order valence-electron chi connectivity index (χ1n) is 10.9. The molecular formula is C20H39N7O5S. The average molecular weight is 490 g/mol. The molecule has 12 nitrogen and oxygen atoms in total. The largest absolute Gasteiger partial charge is 0.480 e. The van der Waals surface area contributed by atoms with E-state index >= 15 is 0 Å². The molecular weight excluding hydrogens is 450 g/mol. The lowest BCUT2D eigenvalue weighted by Crippen LogP contribution is -2.59. The third-order valence-corrected chi connectivity index (χ3v) is 5.05. The molecule has 0 bridgehead atoms. The van der Waals surface area contributed by atoms with E-state index in [2.05, 4.69) is 33.6 Å². The molecule has 0 spiro atoms. The van der Waals surface area contributed by atoms with Crippen LogP contribution < -0.4 is 33.2 Å². The Kier molecular flexibility index (Phi) is 14.1. The lowest BCUT2D eigenvalue weighted by Gasteiger charge is -2.26. The van der Waals surface area contributed by atoms with Crippen LogP contribution in [0.3, 0.4) is 0 Å². The van der Waals surface area contributed by atoms with Crippen molar-refractivity contribution in [1.29, 1.82) is 0 Å². The van der Waals surface area contributed by atoms with Gasteiger partial charge in [0.05, 0.1) is 6.04 Å². The molecule has 0 radical (unpaired) electrons. The number of carbonyl (C=O) groups is 4. The summed E-state index contributed by atoms with van der Waals surface area (Å²) in [5, 5.41) is 16.9. The summed E-state index contributed by atoms with van der Waals surface area (Å²) in [6.07, 6.45) is 1.03. The van der Waals surface area contributed by atoms with Gasteiger partial charge in [-0.1, -0.05) is 27.7 Å². The predicted molar refractivity (Wildman–Crippen MR) is 129 cm³/mol. The minimum absolute atomic E-state index is 0.0413. The summed E-state index contributed by atoms with van der Waals surface area (Å²) in [7, 11) is 0. The lowest BCUT2D eigenvalue weighted by molar-refractivity contribution is -0.142. The Labute approximate surface area is 200 Å². The number of thiol groups is 1. The maximum absolute atomic E-state index is 12.8. The van der Waals surface area contributed by atoms with Gasteiger partial charge < -0.3 is 38.3 Å². The van der Waals surface area contributed by atoms with E-state index in [4.69, 9.17) is 17.2 Å². The highest BCUT2D eigenvalue weighted by molar-refractivity contribution is 7.80. The third kappa shape index (κ3) is 12.3. The van der Waals surface area contributed by atoms with E-state index < -0.39 is 47.9 Å². The number of amides is 3. The van der Waals surface area contributed by atoms with E-state index in [0.717, 1.165) is 0 Å². The number of aliphatic carboxylic acids is 1. The molecule has 0 heterocycles. The van der Waals surface area contributed by atoms with E-state index in [-0.39, 0.29) is 30.0 Å². The molecule has 0 saturated heterocycles. The van der Waals surface area contributed by atoms with Crippen molar-refractivity contribution in [3.8, 4) is 0 Å². The summed E-state index contributed by atoms with van der Waals surface area (Å²) in [5.74, 6) is -3.34. The number of carboxylic acids is 1. The molecule has 0 rings (SSSR count). The number of nitrogens with two attached hydrogens (primary N) is 3. The Morgan fingerprint density at radius 2 is 1.52 bits per heavy atom. The van der Waals surface area contributed by atoms with Crippen LogP contribution in [0.4, 0.5) is 0 Å². The van der Waals surface area contributed by atoms with Crippen LogP contribution >= 0.6 is 12.6 Å². The first-order chi connectivity index (χ1) is 15.3. The first kappa shape index (κ1) is 30.5. The van der Waals surface area contributed by atoms with Crippen molar-refractivity contribution in [1.82, 2.24) is 16.0 Å². The minimum Gasteiger partial charge on any atom is -0.480 e. The third-order valence-electron chi connectivity index (χ3n) is 4.69. The van der Waals surface area contributed by atoms with Crippen LogP contribution in [0.25, 0.3) is 0 Å². The maximum atomic E-state index is 12.8. The fraction of sp³-hybridized carbons (Fsp3) is 0.750. The van der Waals surface area contributed by atoms with Gasteiger partial charge in [-0.25, -0.2) is 4.79 Å². The van der Waals surface area contributed by atoms with Crippen molar-refractivity contribution in [3.05, 3.63) is 0 Å². The van der Waals surface area contributed by atoms with Gasteiger partial charge >= 0.3 is 5.97 Å². The fourth-order valence-corrected chi connectivity index (χ4v) is 3.12. The summed E-state index contributed by atoms with van der Waals surface area (Å²) in [4.78, 5) is 53.0. The molecule has 3 amide bonds. The van der Waals surface area contributed by atoms with Gasteiger partial charge in [-0.3, -0.25) is 19.4 Å². The monoisotopic (exact) mass is 489 g/mol. The van der Waals surface area contributed by atoms with Gasteiger partial charge in [-0.05, 0) is 31.1 Å². The van der Waals surface area contributed by atoms with Crippen molar-refractivity contribution in [2.75, 3.05) is 12.3 Å². The number of nitrogens with one attached hydrogen (secondary N) is 3. The molecule has 0 fully saturated rings. The Morgan fingerprint density at radius 1 is 0.939 bits per heavy atom. The van der Waals surface area contributed by atoms with Gasteiger partial charge in [-0.2, -0.15) is 12.6 Å². The predicted octanol–water partition coefficient (Wildman–Crippen LogP) is -1.46. The number of aliphatic imine (C=N–C) groups is 1. The highest BCUT2D eigenvalue weighted by Crippen LogP contribution is 2.07. The van der Waals surface area contributed by atoms with Crippen LogP contribution in [-0.4, -0.2) is 71.2 Å². The van der Waals surface area contributed by atoms with Crippen LogP contribution in [-0.2, 0) is 19.2 Å². The number of rotatable bonds is 15. The molecule has 0 aliphatic carbocycles. The molecule has 13 heteroatoms. The molecule has 0 aliphatic rings. The van der Waals surface area contributed by atoms with E-state index in [9.17, 15) is 24.3 Å². The van der Waals surface area contributed by atoms with E-state index in [1.165, 1.54) is 0 Å². The molecule has 4 unspecified atom stereocenters. The molecule has 0 aromatic carbocycles. The Morgan fingerprint density at radius 3 is 1.97 bits per heavy atom. The number of carboxylic acid groups (broad SMARTS) is 1. The number of hydrogen-bond donors (Lipinski definition) is 8. The van der Waals surface area contributed by atoms with Gasteiger partial charge in [0.15, 0.2) is 5.96 Å². The fourth-order valence-electron chi connectivity index (χ4n) is 2.87. The van der Waals surface area contributed by atoms with Gasteiger partial charge in [0.25, 0.3) is 0 Å². The Hall–Kier alpha value is -2.54. The summed E-state index contributed by atoms with van der Waals surface area (Å²) >= 11 is 4.10. The minimum atomic E-state index is -1.16. The molecule has 33 heavy (non-hydrogen) atoms. The van der Waals surface area contributed by atoms with Gasteiger partial charge in [0.1, 0.15) is 18.1 Å². The van der Waals surface area contributed by atoms with Gasteiger partial charge in [0.2, 0.25) is 17.7 Å². The quantitative estimate of drug-likeness (QED) is 0.0587. The van der Waals surface area contributed by atoms with Gasteiger partial charge in [-0.15, -0.1) is 0 Å². The maximum Gasteiger partial charge on any atom is 0.326 e. The number of nitrogens with zero attached hydrogens (tertiary/aromatic N) is 1. The van der Waals surface area contributed by atoms with Crippen LogP contribution in [0.15, 0.2) is 4.99 Å². The first-order valence-corrected chi connectivity index (χ1v) is 11.5. The average Bonchev–Trinajstić information content (AvgIpc) is 2.71. The topological polar surface area (TPSA) is 215 Å². The Balaban J connectivity index is 5.06. The van der Waals surface area contributed by atoms with E-state index in [1.807, 2.05) is 13.8 Å². The second-order valence-corrected chi connectivity index (χ2v) is 8.92. The standard InChI is InChI=1S/C20H39N7O5S/c1-10(2)8-13(19(31)32)25-17(29)14(9-33)26-18(30)15(11(3)4)27-16(28)12(21)6-5-7-24-20(22)23/h10-15,33H,5-9,21H2,1-4H3,(H,25,29)(H,26,30)(H,27,28)(H,31,32)(H4,22,23,24). The summed E-state index contributed by atoms with van der Waals surface area (Å²) in [6.45, 7) is 7.45. The van der Waals surface area contributed by atoms with Crippen molar-refractivity contribution in [2.24, 2.45) is 34.0 Å². The highest BCUT2D eigenvalue weighted by atomic mass is 32.1. The van der Waals surface area contributed by atoms with Crippen molar-refractivity contribution < 1.29 is 24.3 Å². The van der Waals surface area contributed by atoms with Crippen molar-refractivity contribution in [3.63, 3.8) is 0 Å². The summed E-state index contributed by atoms with van der Waals surface area (Å²) in [6, 6.07) is -4.00. The zero-order chi connectivity index (χ0) is 25.7. The number of carbonyl (C=O) groups excluding carboxylic acids is 3. The van der Waals surface area contributed by atoms with Crippen LogP contribution in [0.1, 0.15) is 47.0 Å². The molecule has 0 saturated carbocycles. The normalized spacial score (nSPS) is 14.7. The van der Waals surface area contributed by atoms with Gasteiger partial charge in [0, 0.05) is 12.3 Å². The molecule has 0 aromatic heterocycles. The molecule has 10 N–H and O–H groups in total. The van der Waals surface area contributed by atoms with E-state index in [0.29, 0.717) is 19.4 Å². The van der Waals surface area contributed by atoms with Crippen molar-refractivity contribution >= 4 is 42.3 Å². The smallest absolute Gasteiger partial charge is 0.326 e. The van der Waals surface area contributed by atoms with E-state index in [1.54, 1.807) is 13.8 Å². The Bertz CT molecular complexity index is 698. The van der Waals surface area contributed by atoms with Crippen LogP contribution in [0.2, 0.25) is 0 Å². The zero-order valence-electron chi connectivity index (χ0n) is 19.7. The van der Waals surface area contributed by atoms with Crippen molar-refractivity contribution in [2.45, 2.75) is 71.1 Å². The second-order valence-electron chi connectivity index (χ2n) is 8.56. The highest BCUT2D eigenvalue weighted by Gasteiger charge is 2.31. The van der Waals surface area contributed by atoms with Crippen LogP contribution in [0, 0.1) is 11.8 Å². The summed E-state index contributed by atoms with van der Waals surface area (Å²) in [5.41, 5.74) is 16.4. The molecule has 4 atom stereocenters. The lowest BCUT2D eigenvalue weighted by atomic mass is 10.0. The zero-order valence-corrected chi connectivity index (χ0v) is 20.6. The molecule has 0 aromatic rings. The summed E-state index contributed by atoms with van der Waals surface area (Å²) < 4.78 is 0. The number of guanidine groups is 1. The van der Waals surface area contributed by atoms with Crippen LogP contribution in [0.5, 0.6) is 0 Å². The molecule has 190 valence electrons. The second kappa shape index (κ2) is 15.3.